The molecule has 2 aliphatic heterocycles. The van der Waals surface area contributed by atoms with Crippen LogP contribution in [0.25, 0.3) is 0 Å². The van der Waals surface area contributed by atoms with Crippen molar-refractivity contribution < 1.29 is 14.3 Å². The van der Waals surface area contributed by atoms with Crippen LogP contribution in [0.15, 0.2) is 24.4 Å². The summed E-state index contributed by atoms with van der Waals surface area (Å²) in [6.07, 6.45) is 4.03. The normalized spacial score (nSPS) is 19.4. The number of hydrogen-bond donors (Lipinski definition) is 1. The lowest BCUT2D eigenvalue weighted by molar-refractivity contribution is -0.133. The number of piperazine rings is 1. The molecule has 154 valence electrons. The lowest BCUT2D eigenvalue weighted by Crippen LogP contribution is -2.49. The van der Waals surface area contributed by atoms with E-state index in [2.05, 4.69) is 25.4 Å². The zero-order valence-corrected chi connectivity index (χ0v) is 16.9. The summed E-state index contributed by atoms with van der Waals surface area (Å²) < 4.78 is 5.58. The maximum absolute atomic E-state index is 12.4. The second-order valence-electron chi connectivity index (χ2n) is 7.05. The molecule has 29 heavy (non-hydrogen) atoms. The van der Waals surface area contributed by atoms with Gasteiger partial charge in [-0.2, -0.15) is 0 Å². The number of rotatable bonds is 6. The summed E-state index contributed by atoms with van der Waals surface area (Å²) in [4.78, 5) is 32.9. The monoisotopic (exact) mass is 416 g/mol. The zero-order chi connectivity index (χ0) is 20.1. The first-order chi connectivity index (χ1) is 14.2. The second-order valence-corrected chi connectivity index (χ2v) is 8.06. The summed E-state index contributed by atoms with van der Waals surface area (Å²) in [7, 11) is 0. The maximum atomic E-state index is 12.4. The number of amides is 2. The number of nitrogens with one attached hydrogen (secondary N) is 1. The number of aromatic nitrogens is 3. The Balaban J connectivity index is 1.19. The third-order valence-corrected chi connectivity index (χ3v) is 5.99. The molecule has 2 amide bonds. The molecule has 0 unspecified atom stereocenters. The maximum Gasteiger partial charge on any atom is 0.226 e. The van der Waals surface area contributed by atoms with Crippen molar-refractivity contribution in [2.45, 2.75) is 31.8 Å². The first-order valence-electron chi connectivity index (χ1n) is 9.87. The van der Waals surface area contributed by atoms with Gasteiger partial charge in [-0.25, -0.2) is 4.98 Å². The molecule has 10 heteroatoms. The Morgan fingerprint density at radius 1 is 1.17 bits per heavy atom. The molecule has 9 nitrogen and oxygen atoms in total. The van der Waals surface area contributed by atoms with E-state index in [0.717, 1.165) is 43.4 Å². The van der Waals surface area contributed by atoms with E-state index in [4.69, 9.17) is 4.74 Å². The van der Waals surface area contributed by atoms with Gasteiger partial charge in [0.15, 0.2) is 0 Å². The summed E-state index contributed by atoms with van der Waals surface area (Å²) in [5, 5.41) is 12.1. The standard InChI is InChI=1S/C19H24N6O3S/c26-16(21-19-23-22-18(29-19)14-4-3-13-28-14)6-7-17(27)25-11-9-24(10-12-25)15-5-1-2-8-20-15/h1-2,5,8,14H,3-4,6-7,9-13H2,(H,21,23,26)/t14-/m1/s1. The van der Waals surface area contributed by atoms with Gasteiger partial charge in [0, 0.05) is 51.8 Å². The van der Waals surface area contributed by atoms with Crippen molar-refractivity contribution in [3.63, 3.8) is 0 Å². The van der Waals surface area contributed by atoms with Gasteiger partial charge < -0.3 is 19.9 Å². The highest BCUT2D eigenvalue weighted by atomic mass is 32.1. The van der Waals surface area contributed by atoms with Crippen LogP contribution in [0.3, 0.4) is 0 Å². The predicted octanol–water partition coefficient (Wildman–Crippen LogP) is 1.85. The van der Waals surface area contributed by atoms with E-state index in [1.54, 1.807) is 6.20 Å². The van der Waals surface area contributed by atoms with Crippen LogP contribution in [0.1, 0.15) is 36.8 Å². The number of nitrogens with zero attached hydrogens (tertiary/aromatic N) is 5. The van der Waals surface area contributed by atoms with E-state index in [1.165, 1.54) is 11.3 Å². The lowest BCUT2D eigenvalue weighted by atomic mass is 10.2. The Kier molecular flexibility index (Phi) is 6.30. The Labute approximate surface area is 173 Å². The minimum atomic E-state index is -0.222. The molecule has 2 aromatic rings. The molecule has 0 bridgehead atoms. The van der Waals surface area contributed by atoms with Crippen molar-refractivity contribution >= 4 is 34.1 Å². The molecule has 2 saturated heterocycles. The summed E-state index contributed by atoms with van der Waals surface area (Å²) in [6.45, 7) is 3.50. The zero-order valence-electron chi connectivity index (χ0n) is 16.1. The molecular formula is C19H24N6O3S. The molecule has 4 heterocycles. The lowest BCUT2D eigenvalue weighted by Gasteiger charge is -2.35. The van der Waals surface area contributed by atoms with Crippen molar-refractivity contribution in [2.24, 2.45) is 0 Å². The van der Waals surface area contributed by atoms with Crippen LogP contribution in [0.2, 0.25) is 0 Å². The molecular weight excluding hydrogens is 392 g/mol. The quantitative estimate of drug-likeness (QED) is 0.767. The van der Waals surface area contributed by atoms with Crippen LogP contribution < -0.4 is 10.2 Å². The van der Waals surface area contributed by atoms with Crippen molar-refractivity contribution in [1.82, 2.24) is 20.1 Å². The SMILES string of the molecule is O=C(CCC(=O)N1CCN(c2ccccn2)CC1)Nc1nnc([C@H]2CCCO2)s1. The third kappa shape index (κ3) is 5.07. The molecule has 0 saturated carbocycles. The third-order valence-electron chi connectivity index (χ3n) is 5.06. The van der Waals surface area contributed by atoms with Crippen molar-refractivity contribution in [2.75, 3.05) is 43.0 Å². The molecule has 0 aliphatic carbocycles. The van der Waals surface area contributed by atoms with E-state index >= 15 is 0 Å². The highest BCUT2D eigenvalue weighted by Crippen LogP contribution is 2.31. The van der Waals surface area contributed by atoms with E-state index in [1.807, 2.05) is 23.1 Å². The summed E-state index contributed by atoms with van der Waals surface area (Å²) in [5.74, 6) is 0.706. The topological polar surface area (TPSA) is 101 Å². The van der Waals surface area contributed by atoms with E-state index in [9.17, 15) is 9.59 Å². The molecule has 0 aromatic carbocycles. The Bertz CT molecular complexity index is 831. The second kappa shape index (κ2) is 9.27. The Morgan fingerprint density at radius 3 is 2.76 bits per heavy atom. The fourth-order valence-electron chi connectivity index (χ4n) is 3.47. The van der Waals surface area contributed by atoms with Gasteiger partial charge in [0.2, 0.25) is 16.9 Å². The fourth-order valence-corrected chi connectivity index (χ4v) is 4.32. The average molecular weight is 417 g/mol. The van der Waals surface area contributed by atoms with E-state index in [0.29, 0.717) is 18.2 Å². The molecule has 1 N–H and O–H groups in total. The van der Waals surface area contributed by atoms with Crippen LogP contribution in [-0.4, -0.2) is 64.7 Å². The van der Waals surface area contributed by atoms with Crippen LogP contribution in [0, 0.1) is 0 Å². The number of pyridine rings is 1. The highest BCUT2D eigenvalue weighted by Gasteiger charge is 2.24. The molecule has 0 radical (unpaired) electrons. The van der Waals surface area contributed by atoms with Gasteiger partial charge in [-0.3, -0.25) is 9.59 Å². The Hall–Kier alpha value is -2.59. The van der Waals surface area contributed by atoms with Gasteiger partial charge in [0.1, 0.15) is 16.9 Å². The van der Waals surface area contributed by atoms with E-state index in [-0.39, 0.29) is 30.8 Å². The summed E-state index contributed by atoms with van der Waals surface area (Å²) in [6, 6.07) is 5.82. The Morgan fingerprint density at radius 2 is 2.03 bits per heavy atom. The van der Waals surface area contributed by atoms with Crippen molar-refractivity contribution in [1.29, 1.82) is 0 Å². The molecule has 2 fully saturated rings. The van der Waals surface area contributed by atoms with E-state index < -0.39 is 0 Å². The van der Waals surface area contributed by atoms with Crippen LogP contribution >= 0.6 is 11.3 Å². The summed E-state index contributed by atoms with van der Waals surface area (Å²) >= 11 is 1.33. The van der Waals surface area contributed by atoms with Gasteiger partial charge >= 0.3 is 0 Å². The van der Waals surface area contributed by atoms with Crippen molar-refractivity contribution in [3.05, 3.63) is 29.4 Å². The van der Waals surface area contributed by atoms with Crippen LogP contribution in [0.4, 0.5) is 10.9 Å². The van der Waals surface area contributed by atoms with Crippen LogP contribution in [-0.2, 0) is 14.3 Å². The molecule has 4 rings (SSSR count). The smallest absolute Gasteiger partial charge is 0.226 e. The fraction of sp³-hybridized carbons (Fsp3) is 0.526. The van der Waals surface area contributed by atoms with Gasteiger partial charge in [0.05, 0.1) is 0 Å². The number of anilines is 2. The van der Waals surface area contributed by atoms with Crippen molar-refractivity contribution in [3.8, 4) is 0 Å². The van der Waals surface area contributed by atoms with Crippen LogP contribution in [0.5, 0.6) is 0 Å². The number of carbonyl (C=O) groups excluding carboxylic acids is 2. The average Bonchev–Trinajstić information content (AvgIpc) is 3.45. The minimum absolute atomic E-state index is 0.00173. The molecule has 2 aliphatic rings. The first-order valence-corrected chi connectivity index (χ1v) is 10.7. The van der Waals surface area contributed by atoms with Gasteiger partial charge in [-0.15, -0.1) is 10.2 Å². The molecule has 1 atom stereocenters. The number of ether oxygens (including phenoxy) is 1. The largest absolute Gasteiger partial charge is 0.371 e. The number of carbonyl (C=O) groups is 2. The highest BCUT2D eigenvalue weighted by molar-refractivity contribution is 7.15. The molecule has 2 aromatic heterocycles. The minimum Gasteiger partial charge on any atom is -0.371 e. The van der Waals surface area contributed by atoms with Gasteiger partial charge in [-0.1, -0.05) is 17.4 Å². The first kappa shape index (κ1) is 19.7. The van der Waals surface area contributed by atoms with Gasteiger partial charge in [-0.05, 0) is 25.0 Å². The van der Waals surface area contributed by atoms with Gasteiger partial charge in [0.25, 0.3) is 0 Å². The predicted molar refractivity (Wildman–Crippen MR) is 109 cm³/mol. The molecule has 0 spiro atoms. The summed E-state index contributed by atoms with van der Waals surface area (Å²) in [5.41, 5.74) is 0. The number of hydrogen-bond acceptors (Lipinski definition) is 8.